The Morgan fingerprint density at radius 3 is 2.33 bits per heavy atom. The largest absolute Gasteiger partial charge is 0.355 e. The highest BCUT2D eigenvalue weighted by atomic mass is 35.5. The number of hydrogen-bond acceptors (Lipinski definition) is 2. The Morgan fingerprint density at radius 2 is 1.76 bits per heavy atom. The summed E-state index contributed by atoms with van der Waals surface area (Å²) in [6.07, 6.45) is 7.35. The highest BCUT2D eigenvalue weighted by molar-refractivity contribution is 6.30. The third kappa shape index (κ3) is 4.45. The van der Waals surface area contributed by atoms with Gasteiger partial charge in [-0.25, -0.2) is 0 Å². The van der Waals surface area contributed by atoms with Gasteiger partial charge in [0.15, 0.2) is 0 Å². The van der Waals surface area contributed by atoms with Crippen molar-refractivity contribution in [3.05, 3.63) is 34.9 Å². The standard InChI is InChI=1S/C17H25ClN2O/c18-15-7-5-14(6-8-15)9-12-20-16(21)17(13-19)10-3-1-2-4-11-17/h5-8H,1-4,9-13,19H2,(H,20,21). The van der Waals surface area contributed by atoms with Gasteiger partial charge in [0.2, 0.25) is 5.91 Å². The summed E-state index contributed by atoms with van der Waals surface area (Å²) in [6, 6.07) is 7.76. The van der Waals surface area contributed by atoms with Gasteiger partial charge in [-0.2, -0.15) is 0 Å². The van der Waals surface area contributed by atoms with E-state index in [4.69, 9.17) is 17.3 Å². The first-order valence-electron chi connectivity index (χ1n) is 7.89. The Balaban J connectivity index is 1.86. The van der Waals surface area contributed by atoms with Gasteiger partial charge in [0, 0.05) is 18.1 Å². The van der Waals surface area contributed by atoms with Crippen molar-refractivity contribution in [1.82, 2.24) is 5.32 Å². The lowest BCUT2D eigenvalue weighted by Gasteiger charge is -2.29. The average molecular weight is 309 g/mol. The van der Waals surface area contributed by atoms with Gasteiger partial charge in [-0.05, 0) is 37.0 Å². The maximum atomic E-state index is 12.5. The second-order valence-electron chi connectivity index (χ2n) is 6.03. The van der Waals surface area contributed by atoms with Gasteiger partial charge in [-0.1, -0.05) is 49.4 Å². The lowest BCUT2D eigenvalue weighted by atomic mass is 9.79. The summed E-state index contributed by atoms with van der Waals surface area (Å²) in [5, 5.41) is 3.82. The zero-order valence-electron chi connectivity index (χ0n) is 12.5. The Labute approximate surface area is 132 Å². The summed E-state index contributed by atoms with van der Waals surface area (Å²) >= 11 is 5.87. The van der Waals surface area contributed by atoms with Crippen molar-refractivity contribution in [2.75, 3.05) is 13.1 Å². The van der Waals surface area contributed by atoms with Gasteiger partial charge < -0.3 is 11.1 Å². The van der Waals surface area contributed by atoms with Gasteiger partial charge in [-0.15, -0.1) is 0 Å². The summed E-state index contributed by atoms with van der Waals surface area (Å²) in [7, 11) is 0. The van der Waals surface area contributed by atoms with Gasteiger partial charge in [0.25, 0.3) is 0 Å². The molecule has 3 nitrogen and oxygen atoms in total. The molecule has 0 heterocycles. The number of nitrogens with one attached hydrogen (secondary N) is 1. The van der Waals surface area contributed by atoms with Crippen LogP contribution in [0.2, 0.25) is 5.02 Å². The van der Waals surface area contributed by atoms with Gasteiger partial charge in [0.1, 0.15) is 0 Å². The van der Waals surface area contributed by atoms with Crippen molar-refractivity contribution in [3.8, 4) is 0 Å². The van der Waals surface area contributed by atoms with E-state index < -0.39 is 0 Å². The molecule has 1 amide bonds. The summed E-state index contributed by atoms with van der Waals surface area (Å²) in [4.78, 5) is 12.5. The Hall–Kier alpha value is -1.06. The van der Waals surface area contributed by atoms with Gasteiger partial charge >= 0.3 is 0 Å². The van der Waals surface area contributed by atoms with E-state index in [2.05, 4.69) is 5.32 Å². The molecule has 0 radical (unpaired) electrons. The molecule has 0 aromatic heterocycles. The zero-order chi connectivity index (χ0) is 15.1. The summed E-state index contributed by atoms with van der Waals surface area (Å²) in [6.45, 7) is 1.11. The summed E-state index contributed by atoms with van der Waals surface area (Å²) in [5.74, 6) is 0.140. The molecular weight excluding hydrogens is 284 g/mol. The van der Waals surface area contributed by atoms with Crippen molar-refractivity contribution in [3.63, 3.8) is 0 Å². The smallest absolute Gasteiger partial charge is 0.227 e. The molecule has 2 rings (SSSR count). The molecule has 116 valence electrons. The second-order valence-corrected chi connectivity index (χ2v) is 6.47. The molecule has 0 aliphatic heterocycles. The molecule has 1 aromatic rings. The van der Waals surface area contributed by atoms with Gasteiger partial charge in [0.05, 0.1) is 5.41 Å². The highest BCUT2D eigenvalue weighted by Crippen LogP contribution is 2.34. The lowest BCUT2D eigenvalue weighted by molar-refractivity contribution is -0.131. The van der Waals surface area contributed by atoms with Crippen LogP contribution >= 0.6 is 11.6 Å². The molecule has 3 N–H and O–H groups in total. The molecule has 1 fully saturated rings. The monoisotopic (exact) mass is 308 g/mol. The molecule has 0 atom stereocenters. The maximum Gasteiger partial charge on any atom is 0.227 e. The topological polar surface area (TPSA) is 55.1 Å². The number of nitrogens with two attached hydrogens (primary N) is 1. The van der Waals surface area contributed by atoms with E-state index in [1.807, 2.05) is 24.3 Å². The molecular formula is C17H25ClN2O. The predicted molar refractivity (Wildman–Crippen MR) is 87.4 cm³/mol. The molecule has 1 aromatic carbocycles. The van der Waals surface area contributed by atoms with Gasteiger partial charge in [-0.3, -0.25) is 4.79 Å². The first-order valence-corrected chi connectivity index (χ1v) is 8.27. The SMILES string of the molecule is NCC1(C(=O)NCCc2ccc(Cl)cc2)CCCCCC1. The number of benzene rings is 1. The quantitative estimate of drug-likeness (QED) is 0.820. The van der Waals surface area contributed by atoms with E-state index in [1.54, 1.807) is 0 Å². The maximum absolute atomic E-state index is 12.5. The van der Waals surface area contributed by atoms with Crippen LogP contribution in [-0.4, -0.2) is 19.0 Å². The highest BCUT2D eigenvalue weighted by Gasteiger charge is 2.36. The fraction of sp³-hybridized carbons (Fsp3) is 0.588. The number of hydrogen-bond donors (Lipinski definition) is 2. The van der Waals surface area contributed by atoms with E-state index in [-0.39, 0.29) is 11.3 Å². The summed E-state index contributed by atoms with van der Waals surface area (Å²) < 4.78 is 0. The van der Waals surface area contributed by atoms with E-state index in [9.17, 15) is 4.79 Å². The Bertz CT molecular complexity index is 450. The fourth-order valence-electron chi connectivity index (χ4n) is 3.09. The average Bonchev–Trinajstić information content (AvgIpc) is 2.75. The van der Waals surface area contributed by atoms with E-state index in [1.165, 1.54) is 18.4 Å². The molecule has 0 saturated heterocycles. The van der Waals surface area contributed by atoms with Crippen molar-refractivity contribution in [1.29, 1.82) is 0 Å². The van der Waals surface area contributed by atoms with Crippen molar-refractivity contribution < 1.29 is 4.79 Å². The molecule has 0 spiro atoms. The molecule has 4 heteroatoms. The summed E-state index contributed by atoms with van der Waals surface area (Å²) in [5.41, 5.74) is 6.78. The normalized spacial score (nSPS) is 18.0. The van der Waals surface area contributed by atoms with E-state index >= 15 is 0 Å². The molecule has 21 heavy (non-hydrogen) atoms. The molecule has 1 aliphatic carbocycles. The zero-order valence-corrected chi connectivity index (χ0v) is 13.3. The number of carbonyl (C=O) groups is 1. The minimum absolute atomic E-state index is 0.140. The van der Waals surface area contributed by atoms with Crippen LogP contribution in [0.5, 0.6) is 0 Å². The first kappa shape index (κ1) is 16.3. The van der Waals surface area contributed by atoms with E-state index in [0.29, 0.717) is 13.1 Å². The van der Waals surface area contributed by atoms with Crippen LogP contribution in [0.4, 0.5) is 0 Å². The van der Waals surface area contributed by atoms with Crippen LogP contribution in [0.25, 0.3) is 0 Å². The minimum Gasteiger partial charge on any atom is -0.355 e. The third-order valence-electron chi connectivity index (χ3n) is 4.55. The number of rotatable bonds is 5. The second kappa shape index (κ2) is 7.81. The van der Waals surface area contributed by atoms with Crippen LogP contribution in [0.3, 0.4) is 0 Å². The van der Waals surface area contributed by atoms with Crippen LogP contribution in [0.1, 0.15) is 44.1 Å². The van der Waals surface area contributed by atoms with Crippen LogP contribution in [-0.2, 0) is 11.2 Å². The molecule has 0 unspecified atom stereocenters. The molecule has 1 aliphatic rings. The minimum atomic E-state index is -0.337. The van der Waals surface area contributed by atoms with Crippen molar-refractivity contribution in [2.45, 2.75) is 44.9 Å². The van der Waals surface area contributed by atoms with E-state index in [0.717, 1.165) is 37.1 Å². The van der Waals surface area contributed by atoms with Crippen LogP contribution in [0, 0.1) is 5.41 Å². The third-order valence-corrected chi connectivity index (χ3v) is 4.80. The Kier molecular flexibility index (Phi) is 6.07. The fourth-order valence-corrected chi connectivity index (χ4v) is 3.21. The van der Waals surface area contributed by atoms with Crippen molar-refractivity contribution in [2.24, 2.45) is 11.1 Å². The number of carbonyl (C=O) groups excluding carboxylic acids is 1. The number of amides is 1. The Morgan fingerprint density at radius 1 is 1.14 bits per heavy atom. The van der Waals surface area contributed by atoms with Crippen LogP contribution < -0.4 is 11.1 Å². The molecule has 0 bridgehead atoms. The number of halogens is 1. The predicted octanol–water partition coefficient (Wildman–Crippen LogP) is 3.30. The lowest BCUT2D eigenvalue weighted by Crippen LogP contribution is -2.46. The first-order chi connectivity index (χ1) is 10.2. The molecule has 1 saturated carbocycles. The van der Waals surface area contributed by atoms with Crippen molar-refractivity contribution >= 4 is 17.5 Å². The van der Waals surface area contributed by atoms with Crippen LogP contribution in [0.15, 0.2) is 24.3 Å².